The van der Waals surface area contributed by atoms with E-state index in [0.717, 1.165) is 0 Å². The fourth-order valence-electron chi connectivity index (χ4n) is 1.86. The van der Waals surface area contributed by atoms with Crippen LogP contribution in [0, 0.1) is 17.8 Å². The number of fused-ring (bicyclic) bond motifs is 1. The number of hydrogen-bond donors (Lipinski definition) is 1. The van der Waals surface area contributed by atoms with Crippen LogP contribution >= 0.6 is 0 Å². The van der Waals surface area contributed by atoms with E-state index in [1.165, 1.54) is 0 Å². The molecule has 2 aliphatic rings. The number of carbonyl (C=O) groups is 2. The summed E-state index contributed by atoms with van der Waals surface area (Å²) in [6.07, 6.45) is 11.2. The number of Topliss-reactive ketones (excluding diaryl/α,β-unsaturated/α-hetero) is 1. The van der Waals surface area contributed by atoms with Crippen LogP contribution in [-0.4, -0.2) is 16.9 Å². The molecule has 0 aromatic rings. The van der Waals surface area contributed by atoms with Gasteiger partial charge in [-0.05, 0) is 11.8 Å². The van der Waals surface area contributed by atoms with Gasteiger partial charge in [-0.15, -0.1) is 0 Å². The molecule has 2 rings (SSSR count). The van der Waals surface area contributed by atoms with Gasteiger partial charge in [0.15, 0.2) is 0 Å². The van der Waals surface area contributed by atoms with E-state index in [4.69, 9.17) is 5.11 Å². The van der Waals surface area contributed by atoms with Gasteiger partial charge in [0.2, 0.25) is 5.78 Å². The Morgan fingerprint density at radius 1 is 0.929 bits per heavy atom. The van der Waals surface area contributed by atoms with Gasteiger partial charge in [0, 0.05) is 5.92 Å². The van der Waals surface area contributed by atoms with Gasteiger partial charge in [-0.2, -0.15) is 0 Å². The van der Waals surface area contributed by atoms with Crippen LogP contribution in [0.5, 0.6) is 0 Å². The largest absolute Gasteiger partial charge is 0.475 e. The average Bonchev–Trinajstić information content (AvgIpc) is 2.75. The number of carbonyl (C=O) groups excluding carboxylic acids is 1. The fourth-order valence-corrected chi connectivity index (χ4v) is 1.86. The van der Waals surface area contributed by atoms with Gasteiger partial charge in [-0.3, -0.25) is 4.79 Å². The molecule has 0 saturated heterocycles. The molecule has 1 N–H and O–H groups in total. The van der Waals surface area contributed by atoms with Crippen molar-refractivity contribution >= 4 is 11.8 Å². The molecule has 2 aliphatic carbocycles. The molecule has 0 radical (unpaired) electrons. The Morgan fingerprint density at radius 2 is 1.43 bits per heavy atom. The van der Waals surface area contributed by atoms with Crippen molar-refractivity contribution in [3.63, 3.8) is 0 Å². The predicted octanol–water partition coefficient (Wildman–Crippen LogP) is 1.18. The third-order valence-electron chi connectivity index (χ3n) is 2.65. The van der Waals surface area contributed by atoms with Crippen molar-refractivity contribution in [1.29, 1.82) is 0 Å². The van der Waals surface area contributed by atoms with Crippen molar-refractivity contribution in [2.24, 2.45) is 17.8 Å². The molecule has 0 aromatic carbocycles. The first-order chi connectivity index (χ1) is 6.72. The fraction of sp³-hybridized carbons (Fsp3) is 0.273. The molecule has 1 saturated carbocycles. The maximum absolute atomic E-state index is 11.2. The third kappa shape index (κ3) is 1.41. The lowest BCUT2D eigenvalue weighted by molar-refractivity contribution is -0.149. The molecule has 14 heavy (non-hydrogen) atoms. The zero-order valence-electron chi connectivity index (χ0n) is 7.46. The summed E-state index contributed by atoms with van der Waals surface area (Å²) in [5, 5.41) is 8.57. The minimum atomic E-state index is -1.32. The van der Waals surface area contributed by atoms with Crippen molar-refractivity contribution in [2.75, 3.05) is 0 Å². The lowest BCUT2D eigenvalue weighted by Gasteiger charge is -1.88. The number of allylic oxidation sites excluding steroid dienone is 6. The molecule has 0 heterocycles. The van der Waals surface area contributed by atoms with Crippen LogP contribution in [0.4, 0.5) is 0 Å². The van der Waals surface area contributed by atoms with E-state index in [9.17, 15) is 9.59 Å². The Bertz CT molecular complexity index is 341. The maximum Gasteiger partial charge on any atom is 0.372 e. The highest BCUT2D eigenvalue weighted by atomic mass is 16.4. The van der Waals surface area contributed by atoms with Crippen molar-refractivity contribution in [3.05, 3.63) is 36.5 Å². The quantitative estimate of drug-likeness (QED) is 0.665. The molecule has 72 valence electrons. The SMILES string of the molecule is O=C(O)C(=O)C1C2\C=C/C=C\C=C/C21. The molecular weight excluding hydrogens is 180 g/mol. The molecule has 2 unspecified atom stereocenters. The molecule has 3 heteroatoms. The summed E-state index contributed by atoms with van der Waals surface area (Å²) < 4.78 is 0. The standard InChI is InChI=1S/C11H10O3/c12-10(11(13)14)9-7-5-3-1-2-4-6-8(7)9/h1-9H,(H,13,14)/b2-1-,5-3-,6-4-. The highest BCUT2D eigenvalue weighted by molar-refractivity contribution is 6.34. The summed E-state index contributed by atoms with van der Waals surface area (Å²) in [5.74, 6) is -2.17. The minimum absolute atomic E-state index is 0.0831. The van der Waals surface area contributed by atoms with Crippen LogP contribution in [0.2, 0.25) is 0 Å². The van der Waals surface area contributed by atoms with Gasteiger partial charge in [0.05, 0.1) is 0 Å². The second-order valence-corrected chi connectivity index (χ2v) is 3.50. The third-order valence-corrected chi connectivity index (χ3v) is 2.65. The lowest BCUT2D eigenvalue weighted by Crippen LogP contribution is -2.15. The van der Waals surface area contributed by atoms with Crippen LogP contribution in [0.1, 0.15) is 0 Å². The van der Waals surface area contributed by atoms with E-state index in [2.05, 4.69) is 0 Å². The summed E-state index contributed by atoms with van der Waals surface area (Å²) in [4.78, 5) is 21.7. The van der Waals surface area contributed by atoms with E-state index in [-0.39, 0.29) is 17.8 Å². The minimum Gasteiger partial charge on any atom is -0.475 e. The summed E-state index contributed by atoms with van der Waals surface area (Å²) in [6.45, 7) is 0. The Balaban J connectivity index is 2.15. The topological polar surface area (TPSA) is 54.4 Å². The smallest absolute Gasteiger partial charge is 0.372 e. The van der Waals surface area contributed by atoms with Gasteiger partial charge in [-0.25, -0.2) is 4.79 Å². The Labute approximate surface area is 81.4 Å². The number of carboxylic acid groups (broad SMARTS) is 1. The number of carboxylic acids is 1. The predicted molar refractivity (Wildman–Crippen MR) is 50.5 cm³/mol. The average molecular weight is 190 g/mol. The van der Waals surface area contributed by atoms with E-state index in [0.29, 0.717) is 0 Å². The second kappa shape index (κ2) is 3.25. The number of aliphatic carboxylic acids is 1. The van der Waals surface area contributed by atoms with Gasteiger partial charge in [0.1, 0.15) is 0 Å². The van der Waals surface area contributed by atoms with Gasteiger partial charge in [-0.1, -0.05) is 36.5 Å². The van der Waals surface area contributed by atoms with Crippen molar-refractivity contribution in [2.45, 2.75) is 0 Å². The van der Waals surface area contributed by atoms with Crippen molar-refractivity contribution < 1.29 is 14.7 Å². The van der Waals surface area contributed by atoms with Crippen molar-refractivity contribution in [3.8, 4) is 0 Å². The van der Waals surface area contributed by atoms with E-state index < -0.39 is 11.8 Å². The maximum atomic E-state index is 11.2. The normalized spacial score (nSPS) is 39.9. The molecule has 0 spiro atoms. The summed E-state index contributed by atoms with van der Waals surface area (Å²) >= 11 is 0. The van der Waals surface area contributed by atoms with E-state index in [1.54, 1.807) is 0 Å². The van der Waals surface area contributed by atoms with Crippen LogP contribution < -0.4 is 0 Å². The first-order valence-electron chi connectivity index (χ1n) is 4.50. The molecule has 3 nitrogen and oxygen atoms in total. The van der Waals surface area contributed by atoms with Gasteiger partial charge < -0.3 is 5.11 Å². The van der Waals surface area contributed by atoms with E-state index >= 15 is 0 Å². The van der Waals surface area contributed by atoms with Gasteiger partial charge >= 0.3 is 5.97 Å². The molecule has 0 aromatic heterocycles. The second-order valence-electron chi connectivity index (χ2n) is 3.50. The molecule has 0 amide bonds. The molecular formula is C11H10O3. The first-order valence-corrected chi connectivity index (χ1v) is 4.50. The lowest BCUT2D eigenvalue weighted by atomic mass is 10.2. The summed E-state index contributed by atoms with van der Waals surface area (Å²) in [7, 11) is 0. The number of rotatable bonds is 2. The van der Waals surface area contributed by atoms with Crippen molar-refractivity contribution in [1.82, 2.24) is 0 Å². The Kier molecular flexibility index (Phi) is 2.08. The molecule has 1 fully saturated rings. The Morgan fingerprint density at radius 3 is 1.86 bits per heavy atom. The summed E-state index contributed by atoms with van der Waals surface area (Å²) in [6, 6.07) is 0. The zero-order valence-corrected chi connectivity index (χ0v) is 7.46. The van der Waals surface area contributed by atoms with E-state index in [1.807, 2.05) is 36.5 Å². The number of ketones is 1. The first kappa shape index (κ1) is 8.94. The van der Waals surface area contributed by atoms with Gasteiger partial charge in [0.25, 0.3) is 0 Å². The Hall–Kier alpha value is -1.64. The zero-order chi connectivity index (χ0) is 10.1. The molecule has 0 aliphatic heterocycles. The van der Waals surface area contributed by atoms with Crippen LogP contribution in [0.3, 0.4) is 0 Å². The highest BCUT2D eigenvalue weighted by Gasteiger charge is 2.53. The highest BCUT2D eigenvalue weighted by Crippen LogP contribution is 2.49. The van der Waals surface area contributed by atoms with Crippen LogP contribution in [0.15, 0.2) is 36.5 Å². The number of hydrogen-bond acceptors (Lipinski definition) is 2. The van der Waals surface area contributed by atoms with Crippen LogP contribution in [-0.2, 0) is 9.59 Å². The van der Waals surface area contributed by atoms with Crippen LogP contribution in [0.25, 0.3) is 0 Å². The molecule has 2 atom stereocenters. The molecule has 0 bridgehead atoms. The summed E-state index contributed by atoms with van der Waals surface area (Å²) in [5.41, 5.74) is 0. The monoisotopic (exact) mass is 190 g/mol.